The maximum atomic E-state index is 13.3. The first-order chi connectivity index (χ1) is 14.7. The molecule has 3 aromatic rings. The lowest BCUT2D eigenvalue weighted by molar-refractivity contribution is -0.128. The second kappa shape index (κ2) is 9.16. The standard InChI is InChI=1S/C25H29N3O2/c1-30-23-12-8-21(9-13-23)25(15-3-2-4-16-25)24(29)26-18-14-20-6-10-22(11-7-20)28-19-5-17-27-28/h5-13,17,19H,2-4,14-16,18H2,1H3,(H,26,29). The molecule has 0 radical (unpaired) electrons. The van der Waals surface area contributed by atoms with Crippen molar-refractivity contribution in [3.8, 4) is 11.4 Å². The molecule has 30 heavy (non-hydrogen) atoms. The molecule has 1 N–H and O–H groups in total. The molecule has 0 aliphatic heterocycles. The second-order valence-electron chi connectivity index (χ2n) is 7.99. The van der Waals surface area contributed by atoms with Gasteiger partial charge in [-0.25, -0.2) is 4.68 Å². The minimum atomic E-state index is -0.422. The van der Waals surface area contributed by atoms with Gasteiger partial charge >= 0.3 is 0 Å². The average Bonchev–Trinajstić information content (AvgIpc) is 3.35. The molecule has 1 aromatic heterocycles. The van der Waals surface area contributed by atoms with E-state index < -0.39 is 5.41 Å². The molecule has 1 amide bonds. The van der Waals surface area contributed by atoms with Crippen LogP contribution < -0.4 is 10.1 Å². The predicted molar refractivity (Wildman–Crippen MR) is 118 cm³/mol. The number of aromatic nitrogens is 2. The van der Waals surface area contributed by atoms with Crippen LogP contribution in [-0.2, 0) is 16.6 Å². The summed E-state index contributed by atoms with van der Waals surface area (Å²) in [7, 11) is 1.67. The number of carbonyl (C=O) groups is 1. The third-order valence-corrected chi connectivity index (χ3v) is 6.19. The van der Waals surface area contributed by atoms with Crippen LogP contribution in [-0.4, -0.2) is 29.3 Å². The van der Waals surface area contributed by atoms with Gasteiger partial charge in [-0.1, -0.05) is 43.5 Å². The lowest BCUT2D eigenvalue weighted by Crippen LogP contribution is -2.46. The monoisotopic (exact) mass is 403 g/mol. The zero-order valence-corrected chi connectivity index (χ0v) is 17.5. The van der Waals surface area contributed by atoms with E-state index in [9.17, 15) is 4.79 Å². The SMILES string of the molecule is COc1ccc(C2(C(=O)NCCc3ccc(-n4cccn4)cc3)CCCCC2)cc1. The fourth-order valence-corrected chi connectivity index (χ4v) is 4.44. The van der Waals surface area contributed by atoms with Crippen LogP contribution in [0.15, 0.2) is 67.0 Å². The highest BCUT2D eigenvalue weighted by atomic mass is 16.5. The summed E-state index contributed by atoms with van der Waals surface area (Å²) >= 11 is 0. The first-order valence-electron chi connectivity index (χ1n) is 10.7. The summed E-state index contributed by atoms with van der Waals surface area (Å²) in [6, 6.07) is 18.3. The number of rotatable bonds is 7. The zero-order valence-electron chi connectivity index (χ0n) is 17.5. The molecule has 1 fully saturated rings. The highest BCUT2D eigenvalue weighted by molar-refractivity contribution is 5.88. The Balaban J connectivity index is 1.40. The van der Waals surface area contributed by atoms with Crippen molar-refractivity contribution < 1.29 is 9.53 Å². The van der Waals surface area contributed by atoms with Crippen molar-refractivity contribution >= 4 is 5.91 Å². The van der Waals surface area contributed by atoms with Crippen LogP contribution in [0.4, 0.5) is 0 Å². The topological polar surface area (TPSA) is 56.1 Å². The first kappa shape index (κ1) is 20.2. The number of methoxy groups -OCH3 is 1. The van der Waals surface area contributed by atoms with Gasteiger partial charge in [0.2, 0.25) is 5.91 Å². The Morgan fingerprint density at radius 3 is 2.43 bits per heavy atom. The van der Waals surface area contributed by atoms with Gasteiger partial charge in [-0.3, -0.25) is 4.79 Å². The van der Waals surface area contributed by atoms with Crippen molar-refractivity contribution in [3.05, 3.63) is 78.1 Å². The molecule has 0 unspecified atom stereocenters. The summed E-state index contributed by atoms with van der Waals surface area (Å²) in [5, 5.41) is 7.48. The third-order valence-electron chi connectivity index (χ3n) is 6.19. The van der Waals surface area contributed by atoms with E-state index in [1.54, 1.807) is 13.3 Å². The van der Waals surface area contributed by atoms with E-state index in [0.717, 1.165) is 49.1 Å². The second-order valence-corrected chi connectivity index (χ2v) is 7.99. The van der Waals surface area contributed by atoms with Crippen molar-refractivity contribution in [1.29, 1.82) is 0 Å². The van der Waals surface area contributed by atoms with Crippen LogP contribution >= 0.6 is 0 Å². The Kier molecular flexibility index (Phi) is 6.17. The Morgan fingerprint density at radius 2 is 1.80 bits per heavy atom. The molecule has 0 spiro atoms. The van der Waals surface area contributed by atoms with E-state index in [1.807, 2.05) is 29.1 Å². The molecule has 1 saturated carbocycles. The Labute approximate surface area is 178 Å². The van der Waals surface area contributed by atoms with Crippen LogP contribution in [0.2, 0.25) is 0 Å². The molecular formula is C25H29N3O2. The van der Waals surface area contributed by atoms with E-state index in [0.29, 0.717) is 6.54 Å². The van der Waals surface area contributed by atoms with Gasteiger partial charge in [0.25, 0.3) is 0 Å². The molecule has 0 bridgehead atoms. The summed E-state index contributed by atoms with van der Waals surface area (Å²) in [4.78, 5) is 13.3. The van der Waals surface area contributed by atoms with Crippen molar-refractivity contribution in [2.75, 3.05) is 13.7 Å². The predicted octanol–water partition coefficient (Wildman–Crippen LogP) is 4.44. The van der Waals surface area contributed by atoms with Crippen LogP contribution in [0.25, 0.3) is 5.69 Å². The van der Waals surface area contributed by atoms with Gasteiger partial charge in [-0.2, -0.15) is 5.10 Å². The van der Waals surface area contributed by atoms with Crippen molar-refractivity contribution in [1.82, 2.24) is 15.1 Å². The quantitative estimate of drug-likeness (QED) is 0.634. The van der Waals surface area contributed by atoms with E-state index in [-0.39, 0.29) is 5.91 Å². The molecule has 5 nitrogen and oxygen atoms in total. The molecule has 0 saturated heterocycles. The van der Waals surface area contributed by atoms with Crippen LogP contribution in [0.1, 0.15) is 43.2 Å². The normalized spacial score (nSPS) is 15.5. The van der Waals surface area contributed by atoms with Gasteiger partial charge in [0.1, 0.15) is 5.75 Å². The van der Waals surface area contributed by atoms with E-state index in [4.69, 9.17) is 4.74 Å². The van der Waals surface area contributed by atoms with Gasteiger partial charge < -0.3 is 10.1 Å². The number of nitrogens with one attached hydrogen (secondary N) is 1. The van der Waals surface area contributed by atoms with Crippen molar-refractivity contribution in [2.24, 2.45) is 0 Å². The number of hydrogen-bond acceptors (Lipinski definition) is 3. The highest BCUT2D eigenvalue weighted by Crippen LogP contribution is 2.40. The van der Waals surface area contributed by atoms with Crippen LogP contribution in [0.5, 0.6) is 5.75 Å². The van der Waals surface area contributed by atoms with Gasteiger partial charge in [0.15, 0.2) is 0 Å². The van der Waals surface area contributed by atoms with E-state index in [2.05, 4.69) is 46.8 Å². The van der Waals surface area contributed by atoms with E-state index in [1.165, 1.54) is 12.0 Å². The smallest absolute Gasteiger partial charge is 0.230 e. The van der Waals surface area contributed by atoms with Crippen LogP contribution in [0.3, 0.4) is 0 Å². The lowest BCUT2D eigenvalue weighted by Gasteiger charge is -2.36. The first-order valence-corrected chi connectivity index (χ1v) is 10.7. The van der Waals surface area contributed by atoms with Gasteiger partial charge in [0.05, 0.1) is 18.2 Å². The summed E-state index contributed by atoms with van der Waals surface area (Å²) in [6.07, 6.45) is 9.71. The Morgan fingerprint density at radius 1 is 1.07 bits per heavy atom. The van der Waals surface area contributed by atoms with Gasteiger partial charge in [0, 0.05) is 18.9 Å². The third kappa shape index (κ3) is 4.25. The van der Waals surface area contributed by atoms with Gasteiger partial charge in [-0.05, 0) is 60.7 Å². The van der Waals surface area contributed by atoms with Gasteiger partial charge in [-0.15, -0.1) is 0 Å². The van der Waals surface area contributed by atoms with Crippen LogP contribution in [0, 0.1) is 0 Å². The molecule has 5 heteroatoms. The molecule has 156 valence electrons. The van der Waals surface area contributed by atoms with Crippen molar-refractivity contribution in [2.45, 2.75) is 43.9 Å². The number of ether oxygens (including phenoxy) is 1. The minimum absolute atomic E-state index is 0.153. The molecule has 2 aromatic carbocycles. The Bertz CT molecular complexity index is 941. The fraction of sp³-hybridized carbons (Fsp3) is 0.360. The molecule has 4 rings (SSSR count). The lowest BCUT2D eigenvalue weighted by atomic mass is 9.68. The maximum absolute atomic E-state index is 13.3. The molecule has 0 atom stereocenters. The van der Waals surface area contributed by atoms with E-state index >= 15 is 0 Å². The molecule has 1 aliphatic rings. The number of amides is 1. The number of nitrogens with zero attached hydrogens (tertiary/aromatic N) is 2. The summed E-state index contributed by atoms with van der Waals surface area (Å²) in [6.45, 7) is 0.637. The number of carbonyl (C=O) groups excluding carboxylic acids is 1. The summed E-state index contributed by atoms with van der Waals surface area (Å²) < 4.78 is 7.13. The summed E-state index contributed by atoms with van der Waals surface area (Å²) in [5.41, 5.74) is 2.92. The fourth-order valence-electron chi connectivity index (χ4n) is 4.44. The summed E-state index contributed by atoms with van der Waals surface area (Å²) in [5.74, 6) is 0.976. The number of hydrogen-bond donors (Lipinski definition) is 1. The molecular weight excluding hydrogens is 374 g/mol. The highest BCUT2D eigenvalue weighted by Gasteiger charge is 2.40. The van der Waals surface area contributed by atoms with Crippen molar-refractivity contribution in [3.63, 3.8) is 0 Å². The maximum Gasteiger partial charge on any atom is 0.230 e. The molecule has 1 aliphatic carbocycles. The zero-order chi connectivity index (χ0) is 20.8. The molecule has 1 heterocycles. The number of benzene rings is 2. The minimum Gasteiger partial charge on any atom is -0.497 e. The average molecular weight is 404 g/mol. The Hall–Kier alpha value is -3.08. The largest absolute Gasteiger partial charge is 0.497 e.